The number of aliphatic hydroxyl groups is 1. The van der Waals surface area contributed by atoms with Gasteiger partial charge in [0.05, 0.1) is 6.10 Å². The smallest absolute Gasteiger partial charge is 0.240 e. The lowest BCUT2D eigenvalue weighted by atomic mass is 10.00. The van der Waals surface area contributed by atoms with E-state index in [9.17, 15) is 9.90 Å². The molecule has 1 unspecified atom stereocenters. The van der Waals surface area contributed by atoms with Crippen LogP contribution in [0.15, 0.2) is 24.3 Å². The fourth-order valence-electron chi connectivity index (χ4n) is 2.66. The highest BCUT2D eigenvalue weighted by atomic mass is 16.3. The number of hydrogen-bond donors (Lipinski definition) is 2. The molecule has 2 rings (SSSR count). The van der Waals surface area contributed by atoms with Crippen molar-refractivity contribution < 1.29 is 9.90 Å². The van der Waals surface area contributed by atoms with E-state index in [1.807, 2.05) is 31.2 Å². The Morgan fingerprint density at radius 2 is 2.11 bits per heavy atom. The van der Waals surface area contributed by atoms with E-state index in [1.54, 1.807) is 0 Å². The summed E-state index contributed by atoms with van der Waals surface area (Å²) in [7, 11) is 0. The molecule has 0 aliphatic carbocycles. The zero-order chi connectivity index (χ0) is 13.8. The summed E-state index contributed by atoms with van der Waals surface area (Å²) in [5.74, 6) is -0.252. The maximum Gasteiger partial charge on any atom is 0.240 e. The van der Waals surface area contributed by atoms with Gasteiger partial charge < -0.3 is 15.7 Å². The second-order valence-corrected chi connectivity index (χ2v) is 5.12. The summed E-state index contributed by atoms with van der Waals surface area (Å²) < 4.78 is 0. The van der Waals surface area contributed by atoms with Crippen LogP contribution < -0.4 is 10.6 Å². The Labute approximate surface area is 114 Å². The van der Waals surface area contributed by atoms with E-state index in [4.69, 9.17) is 5.73 Å². The third-order valence-corrected chi connectivity index (χ3v) is 3.83. The summed E-state index contributed by atoms with van der Waals surface area (Å²) in [5, 5.41) is 9.78. The minimum atomic E-state index is -0.414. The summed E-state index contributed by atoms with van der Waals surface area (Å²) in [6.45, 7) is 2.82. The zero-order valence-corrected chi connectivity index (χ0v) is 11.4. The molecule has 4 heteroatoms. The second-order valence-electron chi connectivity index (χ2n) is 5.12. The van der Waals surface area contributed by atoms with Gasteiger partial charge in [0, 0.05) is 12.2 Å². The van der Waals surface area contributed by atoms with Crippen LogP contribution in [-0.4, -0.2) is 23.6 Å². The van der Waals surface area contributed by atoms with Gasteiger partial charge in [0.25, 0.3) is 0 Å². The molecule has 0 radical (unpaired) electrons. The highest BCUT2D eigenvalue weighted by Gasteiger charge is 2.26. The summed E-state index contributed by atoms with van der Waals surface area (Å²) in [4.78, 5) is 13.6. The predicted molar refractivity (Wildman–Crippen MR) is 75.9 cm³/mol. The molecule has 4 nitrogen and oxygen atoms in total. The number of aliphatic hydroxyl groups excluding tert-OH is 1. The standard InChI is InChI=1S/C15H22N2O2/c1-2-14(18)11-6-8-12(9-7-11)17-10-4-3-5-13(17)15(16)19/h6-9,13-14,18H,2-5,10H2,1H3,(H2,16,19)/t13?,14-/m1/s1. The topological polar surface area (TPSA) is 66.6 Å². The van der Waals surface area contributed by atoms with Crippen LogP contribution in [-0.2, 0) is 4.79 Å². The highest BCUT2D eigenvalue weighted by Crippen LogP contribution is 2.26. The lowest BCUT2D eigenvalue weighted by Gasteiger charge is -2.35. The van der Waals surface area contributed by atoms with Crippen LogP contribution in [0.1, 0.15) is 44.3 Å². The van der Waals surface area contributed by atoms with E-state index < -0.39 is 6.10 Å². The Balaban J connectivity index is 2.18. The van der Waals surface area contributed by atoms with Crippen LogP contribution in [0.3, 0.4) is 0 Å². The minimum absolute atomic E-state index is 0.198. The molecule has 0 aromatic heterocycles. The molecule has 1 heterocycles. The van der Waals surface area contributed by atoms with Gasteiger partial charge in [-0.3, -0.25) is 4.79 Å². The van der Waals surface area contributed by atoms with Gasteiger partial charge in [-0.2, -0.15) is 0 Å². The number of anilines is 1. The molecule has 0 spiro atoms. The SMILES string of the molecule is CC[C@@H](O)c1ccc(N2CCCCC2C(N)=O)cc1. The Hall–Kier alpha value is -1.55. The van der Waals surface area contributed by atoms with E-state index in [0.717, 1.165) is 37.1 Å². The van der Waals surface area contributed by atoms with Gasteiger partial charge in [0.15, 0.2) is 0 Å². The van der Waals surface area contributed by atoms with Crippen molar-refractivity contribution in [1.29, 1.82) is 0 Å². The van der Waals surface area contributed by atoms with Gasteiger partial charge in [0.1, 0.15) is 6.04 Å². The molecule has 1 aromatic carbocycles. The average molecular weight is 262 g/mol. The van der Waals surface area contributed by atoms with Crippen molar-refractivity contribution in [3.05, 3.63) is 29.8 Å². The highest BCUT2D eigenvalue weighted by molar-refractivity contribution is 5.83. The van der Waals surface area contributed by atoms with Crippen molar-refractivity contribution in [3.8, 4) is 0 Å². The average Bonchev–Trinajstić information content (AvgIpc) is 2.46. The van der Waals surface area contributed by atoms with E-state index in [0.29, 0.717) is 6.42 Å². The zero-order valence-electron chi connectivity index (χ0n) is 11.4. The molecule has 104 valence electrons. The van der Waals surface area contributed by atoms with E-state index in [1.165, 1.54) is 0 Å². The molecule has 1 fully saturated rings. The lowest BCUT2D eigenvalue weighted by molar-refractivity contribution is -0.119. The van der Waals surface area contributed by atoms with Gasteiger partial charge in [-0.15, -0.1) is 0 Å². The quantitative estimate of drug-likeness (QED) is 0.872. The molecular formula is C15H22N2O2. The molecule has 1 aromatic rings. The fourth-order valence-corrected chi connectivity index (χ4v) is 2.66. The number of carbonyl (C=O) groups is 1. The van der Waals surface area contributed by atoms with E-state index in [2.05, 4.69) is 4.90 Å². The summed E-state index contributed by atoms with van der Waals surface area (Å²) in [5.41, 5.74) is 7.40. The predicted octanol–water partition coefficient (Wildman–Crippen LogP) is 1.97. The van der Waals surface area contributed by atoms with Crippen LogP contribution in [0.5, 0.6) is 0 Å². The first-order valence-electron chi connectivity index (χ1n) is 6.97. The van der Waals surface area contributed by atoms with Crippen LogP contribution in [0.4, 0.5) is 5.69 Å². The number of rotatable bonds is 4. The Morgan fingerprint density at radius 3 is 2.68 bits per heavy atom. The van der Waals surface area contributed by atoms with Crippen LogP contribution in [0.2, 0.25) is 0 Å². The maximum atomic E-state index is 11.5. The van der Waals surface area contributed by atoms with Crippen molar-refractivity contribution in [2.24, 2.45) is 5.73 Å². The molecule has 1 aliphatic rings. The number of piperidine rings is 1. The molecule has 3 N–H and O–H groups in total. The van der Waals surface area contributed by atoms with Gasteiger partial charge in [-0.1, -0.05) is 19.1 Å². The molecular weight excluding hydrogens is 240 g/mol. The molecule has 1 amide bonds. The van der Waals surface area contributed by atoms with Crippen LogP contribution >= 0.6 is 0 Å². The second kappa shape index (κ2) is 6.06. The molecule has 0 bridgehead atoms. The number of benzene rings is 1. The normalized spacial score (nSPS) is 21.2. The first-order valence-corrected chi connectivity index (χ1v) is 6.97. The fraction of sp³-hybridized carbons (Fsp3) is 0.533. The Kier molecular flexibility index (Phi) is 4.43. The largest absolute Gasteiger partial charge is 0.388 e. The van der Waals surface area contributed by atoms with E-state index in [-0.39, 0.29) is 11.9 Å². The first-order chi connectivity index (χ1) is 9.13. The van der Waals surface area contributed by atoms with E-state index >= 15 is 0 Å². The minimum Gasteiger partial charge on any atom is -0.388 e. The summed E-state index contributed by atoms with van der Waals surface area (Å²) in [6, 6.07) is 7.59. The summed E-state index contributed by atoms with van der Waals surface area (Å²) in [6.07, 6.45) is 3.25. The molecule has 1 aliphatic heterocycles. The van der Waals surface area contributed by atoms with Crippen molar-refractivity contribution in [2.45, 2.75) is 44.8 Å². The Morgan fingerprint density at radius 1 is 1.42 bits per heavy atom. The van der Waals surface area contributed by atoms with Crippen molar-refractivity contribution in [2.75, 3.05) is 11.4 Å². The van der Waals surface area contributed by atoms with Crippen LogP contribution in [0.25, 0.3) is 0 Å². The maximum absolute atomic E-state index is 11.5. The van der Waals surface area contributed by atoms with Crippen molar-refractivity contribution in [1.82, 2.24) is 0 Å². The van der Waals surface area contributed by atoms with Crippen molar-refractivity contribution >= 4 is 11.6 Å². The van der Waals surface area contributed by atoms with Gasteiger partial charge in [0.2, 0.25) is 5.91 Å². The number of carbonyl (C=O) groups excluding carboxylic acids is 1. The lowest BCUT2D eigenvalue weighted by Crippen LogP contribution is -2.47. The summed E-state index contributed by atoms with van der Waals surface area (Å²) >= 11 is 0. The third-order valence-electron chi connectivity index (χ3n) is 3.83. The van der Waals surface area contributed by atoms with Gasteiger partial charge in [-0.05, 0) is 43.4 Å². The molecule has 19 heavy (non-hydrogen) atoms. The number of nitrogens with zero attached hydrogens (tertiary/aromatic N) is 1. The van der Waals surface area contributed by atoms with Crippen molar-refractivity contribution in [3.63, 3.8) is 0 Å². The molecule has 1 saturated heterocycles. The number of nitrogens with two attached hydrogens (primary N) is 1. The van der Waals surface area contributed by atoms with Gasteiger partial charge in [-0.25, -0.2) is 0 Å². The number of primary amides is 1. The molecule has 2 atom stereocenters. The first kappa shape index (κ1) is 13.9. The monoisotopic (exact) mass is 262 g/mol. The number of amides is 1. The third kappa shape index (κ3) is 3.07. The van der Waals surface area contributed by atoms with Crippen LogP contribution in [0, 0.1) is 0 Å². The molecule has 0 saturated carbocycles. The Bertz CT molecular complexity index is 430. The number of hydrogen-bond acceptors (Lipinski definition) is 3. The van der Waals surface area contributed by atoms with Gasteiger partial charge >= 0.3 is 0 Å².